The minimum absolute atomic E-state index is 0.0122. The molecule has 0 bridgehead atoms. The molecule has 5 heteroatoms. The second-order valence-electron chi connectivity index (χ2n) is 4.75. The first-order valence-electron chi connectivity index (χ1n) is 6.37. The maximum absolute atomic E-state index is 11.8. The number of benzene rings is 1. The van der Waals surface area contributed by atoms with E-state index in [9.17, 15) is 4.79 Å². The molecular weight excluding hydrogens is 244 g/mol. The summed E-state index contributed by atoms with van der Waals surface area (Å²) in [5.74, 6) is 0.870. The Balaban J connectivity index is 2.07. The van der Waals surface area contributed by atoms with Crippen LogP contribution >= 0.6 is 0 Å². The number of carbonyl (C=O) groups excluding carboxylic acids is 1. The molecule has 1 aromatic rings. The summed E-state index contributed by atoms with van der Waals surface area (Å²) in [6, 6.07) is 5.95. The van der Waals surface area contributed by atoms with Crippen molar-refractivity contribution in [1.82, 2.24) is 4.90 Å². The lowest BCUT2D eigenvalue weighted by atomic mass is 10.1. The van der Waals surface area contributed by atoms with E-state index in [2.05, 4.69) is 0 Å². The summed E-state index contributed by atoms with van der Waals surface area (Å²) in [7, 11) is 1.65. The molecule has 2 N–H and O–H groups in total. The molecule has 2 rings (SSSR count). The first kappa shape index (κ1) is 13.8. The minimum Gasteiger partial charge on any atom is -0.496 e. The van der Waals surface area contributed by atoms with Crippen LogP contribution in [0.3, 0.4) is 0 Å². The second-order valence-corrected chi connectivity index (χ2v) is 4.75. The van der Waals surface area contributed by atoms with Crippen LogP contribution in [0, 0.1) is 6.92 Å². The minimum atomic E-state index is -0.0583. The van der Waals surface area contributed by atoms with E-state index in [1.807, 2.05) is 25.1 Å². The number of hydrogen-bond acceptors (Lipinski definition) is 4. The summed E-state index contributed by atoms with van der Waals surface area (Å²) in [6.07, 6.45) is -0.0583. The molecule has 0 saturated carbocycles. The van der Waals surface area contributed by atoms with Crippen molar-refractivity contribution in [2.45, 2.75) is 19.6 Å². The molecule has 1 saturated heterocycles. The molecule has 0 radical (unpaired) electrons. The Morgan fingerprint density at radius 1 is 1.53 bits per heavy atom. The van der Waals surface area contributed by atoms with Crippen LogP contribution < -0.4 is 10.5 Å². The molecule has 1 fully saturated rings. The van der Waals surface area contributed by atoms with E-state index in [1.54, 1.807) is 12.0 Å². The summed E-state index contributed by atoms with van der Waals surface area (Å²) in [6.45, 7) is 3.69. The van der Waals surface area contributed by atoms with E-state index in [0.29, 0.717) is 19.6 Å². The first-order valence-corrected chi connectivity index (χ1v) is 6.37. The van der Waals surface area contributed by atoms with Crippen molar-refractivity contribution in [1.29, 1.82) is 0 Å². The lowest BCUT2D eigenvalue weighted by Gasteiger charge is -2.32. The quantitative estimate of drug-likeness (QED) is 0.869. The van der Waals surface area contributed by atoms with Crippen LogP contribution in [0.4, 0.5) is 0 Å². The number of methoxy groups -OCH3 is 1. The van der Waals surface area contributed by atoms with Crippen LogP contribution in [-0.2, 0) is 16.1 Å². The number of aryl methyl sites for hydroxylation is 1. The maximum atomic E-state index is 11.8. The number of amides is 1. The van der Waals surface area contributed by atoms with Crippen LogP contribution in [0.5, 0.6) is 5.75 Å². The molecule has 1 amide bonds. The average Bonchev–Trinajstić information content (AvgIpc) is 2.41. The predicted molar refractivity (Wildman–Crippen MR) is 71.9 cm³/mol. The second kappa shape index (κ2) is 6.04. The summed E-state index contributed by atoms with van der Waals surface area (Å²) in [5.41, 5.74) is 7.74. The SMILES string of the molecule is COc1ccc(CN2CC(CN)OCC2=O)cc1C. The maximum Gasteiger partial charge on any atom is 0.248 e. The third-order valence-corrected chi connectivity index (χ3v) is 3.31. The van der Waals surface area contributed by atoms with Gasteiger partial charge in [-0.15, -0.1) is 0 Å². The van der Waals surface area contributed by atoms with Gasteiger partial charge in [-0.05, 0) is 24.1 Å². The lowest BCUT2D eigenvalue weighted by molar-refractivity contribution is -0.149. The van der Waals surface area contributed by atoms with Gasteiger partial charge in [-0.2, -0.15) is 0 Å². The van der Waals surface area contributed by atoms with Crippen molar-refractivity contribution in [3.05, 3.63) is 29.3 Å². The monoisotopic (exact) mass is 264 g/mol. The van der Waals surface area contributed by atoms with Crippen molar-refractivity contribution in [2.75, 3.05) is 26.8 Å². The van der Waals surface area contributed by atoms with Gasteiger partial charge < -0.3 is 20.1 Å². The third-order valence-electron chi connectivity index (χ3n) is 3.31. The zero-order chi connectivity index (χ0) is 13.8. The zero-order valence-electron chi connectivity index (χ0n) is 11.4. The fourth-order valence-corrected chi connectivity index (χ4v) is 2.24. The fraction of sp³-hybridized carbons (Fsp3) is 0.500. The third kappa shape index (κ3) is 3.24. The Kier molecular flexibility index (Phi) is 4.39. The molecule has 0 aliphatic carbocycles. The van der Waals surface area contributed by atoms with Crippen molar-refractivity contribution in [3.63, 3.8) is 0 Å². The van der Waals surface area contributed by atoms with Gasteiger partial charge in [0.05, 0.1) is 13.2 Å². The van der Waals surface area contributed by atoms with Gasteiger partial charge in [-0.1, -0.05) is 12.1 Å². The first-order chi connectivity index (χ1) is 9.13. The largest absolute Gasteiger partial charge is 0.496 e. The van der Waals surface area contributed by atoms with E-state index in [0.717, 1.165) is 16.9 Å². The summed E-state index contributed by atoms with van der Waals surface area (Å²) < 4.78 is 10.6. The van der Waals surface area contributed by atoms with Crippen molar-refractivity contribution in [3.8, 4) is 5.75 Å². The Labute approximate surface area is 113 Å². The molecule has 0 spiro atoms. The number of nitrogens with two attached hydrogens (primary N) is 1. The van der Waals surface area contributed by atoms with Gasteiger partial charge in [0.25, 0.3) is 0 Å². The molecule has 1 aliphatic rings. The highest BCUT2D eigenvalue weighted by atomic mass is 16.5. The number of ether oxygens (including phenoxy) is 2. The van der Waals surface area contributed by atoms with Crippen LogP contribution in [0.2, 0.25) is 0 Å². The van der Waals surface area contributed by atoms with E-state index < -0.39 is 0 Å². The van der Waals surface area contributed by atoms with Crippen LogP contribution in [0.1, 0.15) is 11.1 Å². The van der Waals surface area contributed by atoms with Crippen molar-refractivity contribution < 1.29 is 14.3 Å². The van der Waals surface area contributed by atoms with Gasteiger partial charge in [-0.25, -0.2) is 0 Å². The van der Waals surface area contributed by atoms with Gasteiger partial charge >= 0.3 is 0 Å². The number of hydrogen-bond donors (Lipinski definition) is 1. The van der Waals surface area contributed by atoms with Crippen molar-refractivity contribution in [2.24, 2.45) is 5.73 Å². The molecule has 1 aromatic carbocycles. The zero-order valence-corrected chi connectivity index (χ0v) is 11.4. The topological polar surface area (TPSA) is 64.8 Å². The highest BCUT2D eigenvalue weighted by Crippen LogP contribution is 2.20. The van der Waals surface area contributed by atoms with Gasteiger partial charge in [-0.3, -0.25) is 4.79 Å². The molecule has 5 nitrogen and oxygen atoms in total. The molecule has 1 heterocycles. The Bertz CT molecular complexity index is 462. The molecule has 104 valence electrons. The van der Waals surface area contributed by atoms with Gasteiger partial charge in [0.15, 0.2) is 0 Å². The molecule has 19 heavy (non-hydrogen) atoms. The van der Waals surface area contributed by atoms with Gasteiger partial charge in [0.1, 0.15) is 12.4 Å². The van der Waals surface area contributed by atoms with Crippen molar-refractivity contribution >= 4 is 5.91 Å². The molecular formula is C14H20N2O3. The molecule has 1 aliphatic heterocycles. The Morgan fingerprint density at radius 3 is 2.95 bits per heavy atom. The lowest BCUT2D eigenvalue weighted by Crippen LogP contribution is -2.48. The van der Waals surface area contributed by atoms with E-state index in [4.69, 9.17) is 15.2 Å². The standard InChI is InChI=1S/C14H20N2O3/c1-10-5-11(3-4-13(10)18-2)7-16-8-12(6-15)19-9-14(16)17/h3-5,12H,6-9,15H2,1-2H3. The van der Waals surface area contributed by atoms with E-state index in [-0.39, 0.29) is 18.6 Å². The predicted octanol–water partition coefficient (Wildman–Crippen LogP) is 0.690. The fourth-order valence-electron chi connectivity index (χ4n) is 2.24. The smallest absolute Gasteiger partial charge is 0.248 e. The normalized spacial score (nSPS) is 19.6. The van der Waals surface area contributed by atoms with Crippen LogP contribution in [-0.4, -0.2) is 43.7 Å². The van der Waals surface area contributed by atoms with Crippen LogP contribution in [0.25, 0.3) is 0 Å². The highest BCUT2D eigenvalue weighted by molar-refractivity contribution is 5.78. The highest BCUT2D eigenvalue weighted by Gasteiger charge is 2.25. The average molecular weight is 264 g/mol. The molecule has 1 atom stereocenters. The van der Waals surface area contributed by atoms with Crippen LogP contribution in [0.15, 0.2) is 18.2 Å². The summed E-state index contributed by atoms with van der Waals surface area (Å²) in [5, 5.41) is 0. The van der Waals surface area contributed by atoms with E-state index in [1.165, 1.54) is 0 Å². The number of rotatable bonds is 4. The number of nitrogens with zero attached hydrogens (tertiary/aromatic N) is 1. The molecule has 0 aromatic heterocycles. The summed E-state index contributed by atoms with van der Waals surface area (Å²) >= 11 is 0. The van der Waals surface area contributed by atoms with Gasteiger partial charge in [0.2, 0.25) is 5.91 Å². The molecule has 1 unspecified atom stereocenters. The summed E-state index contributed by atoms with van der Waals surface area (Å²) in [4.78, 5) is 13.6. The van der Waals surface area contributed by atoms with E-state index >= 15 is 0 Å². The Hall–Kier alpha value is -1.59. The Morgan fingerprint density at radius 2 is 2.32 bits per heavy atom. The number of carbonyl (C=O) groups is 1. The van der Waals surface area contributed by atoms with Gasteiger partial charge in [0, 0.05) is 19.6 Å². The number of morpholine rings is 1.